The number of carbonyl (C=O) groups is 1. The van der Waals surface area contributed by atoms with E-state index in [1.165, 1.54) is 0 Å². The molecule has 0 aliphatic carbocycles. The molecule has 0 radical (unpaired) electrons. The van der Waals surface area contributed by atoms with E-state index in [0.717, 1.165) is 5.56 Å². The average Bonchev–Trinajstić information content (AvgIpc) is 2.47. The van der Waals surface area contributed by atoms with Gasteiger partial charge < -0.3 is 10.4 Å². The van der Waals surface area contributed by atoms with Crippen LogP contribution >= 0.6 is 11.6 Å². The van der Waals surface area contributed by atoms with Crippen molar-refractivity contribution in [2.75, 3.05) is 6.61 Å². The molecule has 0 fully saturated rings. The second-order valence-corrected chi connectivity index (χ2v) is 5.55. The first-order chi connectivity index (χ1) is 10.5. The van der Waals surface area contributed by atoms with Gasteiger partial charge in [0.2, 0.25) is 0 Å². The summed E-state index contributed by atoms with van der Waals surface area (Å²) < 4.78 is 0. The number of aliphatic hydroxyl groups is 1. The summed E-state index contributed by atoms with van der Waals surface area (Å²) in [7, 11) is 0. The van der Waals surface area contributed by atoms with Crippen molar-refractivity contribution in [3.63, 3.8) is 0 Å². The summed E-state index contributed by atoms with van der Waals surface area (Å²) in [5, 5.41) is 12.3. The summed E-state index contributed by atoms with van der Waals surface area (Å²) >= 11 is 5.87. The van der Waals surface area contributed by atoms with Crippen LogP contribution in [0.2, 0.25) is 5.02 Å². The Morgan fingerprint density at radius 2 is 2.00 bits per heavy atom. The predicted molar refractivity (Wildman–Crippen MR) is 85.8 cm³/mol. The van der Waals surface area contributed by atoms with Crippen LogP contribution in [0.4, 0.5) is 0 Å². The topological polar surface area (TPSA) is 75.1 Å². The molecule has 2 rings (SSSR count). The minimum Gasteiger partial charge on any atom is -0.396 e. The maximum atomic E-state index is 12.2. The van der Waals surface area contributed by atoms with Gasteiger partial charge in [-0.2, -0.15) is 0 Å². The Kier molecular flexibility index (Phi) is 5.46. The number of carbonyl (C=O) groups excluding carboxylic acids is 1. The third kappa shape index (κ3) is 4.26. The third-order valence-corrected chi connectivity index (χ3v) is 3.38. The van der Waals surface area contributed by atoms with E-state index in [0.29, 0.717) is 28.7 Å². The Bertz CT molecular complexity index is 659. The molecule has 1 aromatic carbocycles. The van der Waals surface area contributed by atoms with Crippen molar-refractivity contribution in [2.45, 2.75) is 26.3 Å². The highest BCUT2D eigenvalue weighted by Gasteiger charge is 2.14. The second-order valence-electron chi connectivity index (χ2n) is 5.11. The first kappa shape index (κ1) is 16.4. The SMILES string of the molecule is Cc1cc(C(=O)N[C@H](C)CCO)nc(-c2ccc(Cl)cc2)n1. The average molecular weight is 320 g/mol. The van der Waals surface area contributed by atoms with Gasteiger partial charge in [0.1, 0.15) is 5.69 Å². The molecule has 0 saturated heterocycles. The van der Waals surface area contributed by atoms with Gasteiger partial charge in [-0.05, 0) is 50.6 Å². The number of aryl methyl sites for hydroxylation is 1. The van der Waals surface area contributed by atoms with Crippen LogP contribution in [-0.2, 0) is 0 Å². The number of halogens is 1. The highest BCUT2D eigenvalue weighted by molar-refractivity contribution is 6.30. The first-order valence-corrected chi connectivity index (χ1v) is 7.40. The van der Waals surface area contributed by atoms with Crippen molar-refractivity contribution >= 4 is 17.5 Å². The molecule has 22 heavy (non-hydrogen) atoms. The Morgan fingerprint density at radius 3 is 2.64 bits per heavy atom. The summed E-state index contributed by atoms with van der Waals surface area (Å²) in [4.78, 5) is 20.9. The fourth-order valence-electron chi connectivity index (χ4n) is 1.98. The van der Waals surface area contributed by atoms with Gasteiger partial charge in [0, 0.05) is 28.9 Å². The van der Waals surface area contributed by atoms with Crippen LogP contribution in [0.15, 0.2) is 30.3 Å². The van der Waals surface area contributed by atoms with E-state index in [9.17, 15) is 4.79 Å². The lowest BCUT2D eigenvalue weighted by molar-refractivity contribution is 0.0929. The normalized spacial score (nSPS) is 12.0. The monoisotopic (exact) mass is 319 g/mol. The van der Waals surface area contributed by atoms with Gasteiger partial charge in [-0.25, -0.2) is 9.97 Å². The molecule has 1 aromatic heterocycles. The molecule has 0 spiro atoms. The van der Waals surface area contributed by atoms with E-state index >= 15 is 0 Å². The lowest BCUT2D eigenvalue weighted by atomic mass is 10.2. The maximum Gasteiger partial charge on any atom is 0.270 e. The molecule has 2 aromatic rings. The van der Waals surface area contributed by atoms with Crippen LogP contribution in [0.5, 0.6) is 0 Å². The lowest BCUT2D eigenvalue weighted by Crippen LogP contribution is -2.33. The molecule has 6 heteroatoms. The van der Waals surface area contributed by atoms with Crippen LogP contribution in [0.25, 0.3) is 11.4 Å². The van der Waals surface area contributed by atoms with E-state index in [2.05, 4.69) is 15.3 Å². The second kappa shape index (κ2) is 7.33. The summed E-state index contributed by atoms with van der Waals surface area (Å²) in [6.45, 7) is 3.68. The van der Waals surface area contributed by atoms with E-state index in [1.807, 2.05) is 26.0 Å². The summed E-state index contributed by atoms with van der Waals surface area (Å²) in [6.07, 6.45) is 0.500. The van der Waals surface area contributed by atoms with Crippen molar-refractivity contribution in [1.82, 2.24) is 15.3 Å². The van der Waals surface area contributed by atoms with E-state index in [4.69, 9.17) is 16.7 Å². The smallest absolute Gasteiger partial charge is 0.270 e. The fourth-order valence-corrected chi connectivity index (χ4v) is 2.10. The van der Waals surface area contributed by atoms with Gasteiger partial charge in [0.25, 0.3) is 5.91 Å². The van der Waals surface area contributed by atoms with E-state index in [-0.39, 0.29) is 18.6 Å². The number of rotatable bonds is 5. The molecule has 116 valence electrons. The van der Waals surface area contributed by atoms with Crippen LogP contribution in [0.1, 0.15) is 29.5 Å². The van der Waals surface area contributed by atoms with Crippen LogP contribution in [0, 0.1) is 6.92 Å². The van der Waals surface area contributed by atoms with Crippen molar-refractivity contribution in [2.24, 2.45) is 0 Å². The van der Waals surface area contributed by atoms with Crippen LogP contribution < -0.4 is 5.32 Å². The quantitative estimate of drug-likeness (QED) is 0.888. The van der Waals surface area contributed by atoms with Crippen LogP contribution in [0.3, 0.4) is 0 Å². The lowest BCUT2D eigenvalue weighted by Gasteiger charge is -2.12. The van der Waals surface area contributed by atoms with Crippen LogP contribution in [-0.4, -0.2) is 33.6 Å². The number of benzene rings is 1. The minimum absolute atomic E-state index is 0.0280. The number of nitrogens with zero attached hydrogens (tertiary/aromatic N) is 2. The zero-order valence-electron chi connectivity index (χ0n) is 12.5. The Labute approximate surface area is 134 Å². The van der Waals surface area contributed by atoms with E-state index in [1.54, 1.807) is 18.2 Å². The zero-order valence-corrected chi connectivity index (χ0v) is 13.3. The third-order valence-electron chi connectivity index (χ3n) is 3.13. The number of hydrogen-bond donors (Lipinski definition) is 2. The number of aliphatic hydroxyl groups excluding tert-OH is 1. The molecule has 0 bridgehead atoms. The number of nitrogens with one attached hydrogen (secondary N) is 1. The van der Waals surface area contributed by atoms with E-state index < -0.39 is 0 Å². The molecule has 0 aliphatic rings. The molecular formula is C16H18ClN3O2. The maximum absolute atomic E-state index is 12.2. The summed E-state index contributed by atoms with van der Waals surface area (Å²) in [6, 6.07) is 8.66. The molecule has 1 heterocycles. The molecule has 0 aliphatic heterocycles. The van der Waals surface area contributed by atoms with Gasteiger partial charge in [-0.1, -0.05) is 11.6 Å². The van der Waals surface area contributed by atoms with Crippen molar-refractivity contribution < 1.29 is 9.90 Å². The van der Waals surface area contributed by atoms with Gasteiger partial charge in [-0.15, -0.1) is 0 Å². The van der Waals surface area contributed by atoms with Gasteiger partial charge in [0.05, 0.1) is 0 Å². The Morgan fingerprint density at radius 1 is 1.32 bits per heavy atom. The van der Waals surface area contributed by atoms with Gasteiger partial charge in [-0.3, -0.25) is 4.79 Å². The predicted octanol–water partition coefficient (Wildman–Crippen LogP) is 2.61. The largest absolute Gasteiger partial charge is 0.396 e. The number of amides is 1. The molecule has 0 saturated carbocycles. The van der Waals surface area contributed by atoms with Crippen molar-refractivity contribution in [1.29, 1.82) is 0 Å². The Balaban J connectivity index is 2.26. The minimum atomic E-state index is -0.276. The highest BCUT2D eigenvalue weighted by Crippen LogP contribution is 2.19. The molecular weight excluding hydrogens is 302 g/mol. The van der Waals surface area contributed by atoms with Gasteiger partial charge in [0.15, 0.2) is 5.82 Å². The molecule has 1 amide bonds. The molecule has 5 nitrogen and oxygen atoms in total. The molecule has 1 atom stereocenters. The van der Waals surface area contributed by atoms with Gasteiger partial charge >= 0.3 is 0 Å². The van der Waals surface area contributed by atoms with Crippen molar-refractivity contribution in [3.8, 4) is 11.4 Å². The zero-order chi connectivity index (χ0) is 16.1. The fraction of sp³-hybridized carbons (Fsp3) is 0.312. The highest BCUT2D eigenvalue weighted by atomic mass is 35.5. The summed E-state index contributed by atoms with van der Waals surface area (Å²) in [5.74, 6) is 0.207. The number of hydrogen-bond acceptors (Lipinski definition) is 4. The standard InChI is InChI=1S/C16H18ClN3O2/c1-10(7-8-21)19-16(22)14-9-11(2)18-15(20-14)12-3-5-13(17)6-4-12/h3-6,9-10,21H,7-8H2,1-2H3,(H,19,22)/t10-/m1/s1. The number of aromatic nitrogens is 2. The Hall–Kier alpha value is -1.98. The first-order valence-electron chi connectivity index (χ1n) is 7.03. The summed E-state index contributed by atoms with van der Waals surface area (Å²) in [5.41, 5.74) is 1.81. The molecule has 2 N–H and O–H groups in total. The van der Waals surface area contributed by atoms with Crippen molar-refractivity contribution in [3.05, 3.63) is 46.7 Å². The molecule has 0 unspecified atom stereocenters.